The predicted octanol–water partition coefficient (Wildman–Crippen LogP) is 2.61. The second-order valence-corrected chi connectivity index (χ2v) is 5.79. The van der Waals surface area contributed by atoms with Crippen LogP contribution in [0.1, 0.15) is 15.9 Å². The molecule has 0 saturated carbocycles. The minimum Gasteiger partial charge on any atom is -0.298 e. The highest BCUT2D eigenvalue weighted by molar-refractivity contribution is 7.92. The summed E-state index contributed by atoms with van der Waals surface area (Å²) in [5, 5.41) is 0. The van der Waals surface area contributed by atoms with Gasteiger partial charge in [-0.05, 0) is 42.8 Å². The monoisotopic (exact) mass is 275 g/mol. The van der Waals surface area contributed by atoms with Crippen LogP contribution in [0.2, 0.25) is 0 Å². The summed E-state index contributed by atoms with van der Waals surface area (Å²) < 4.78 is 26.7. The van der Waals surface area contributed by atoms with E-state index in [4.69, 9.17) is 0 Å². The molecule has 0 fully saturated rings. The van der Waals surface area contributed by atoms with Crippen molar-refractivity contribution < 1.29 is 13.2 Å². The maximum atomic E-state index is 12.1. The van der Waals surface area contributed by atoms with Gasteiger partial charge in [0.05, 0.1) is 4.90 Å². The zero-order chi connectivity index (χ0) is 13.9. The zero-order valence-corrected chi connectivity index (χ0v) is 11.1. The van der Waals surface area contributed by atoms with Crippen molar-refractivity contribution in [2.45, 2.75) is 11.8 Å². The van der Waals surface area contributed by atoms with Crippen molar-refractivity contribution in [3.63, 3.8) is 0 Å². The first kappa shape index (κ1) is 13.3. The fourth-order valence-corrected chi connectivity index (χ4v) is 2.76. The first-order chi connectivity index (χ1) is 9.03. The van der Waals surface area contributed by atoms with E-state index < -0.39 is 10.0 Å². The molecule has 0 spiro atoms. The number of benzene rings is 2. The van der Waals surface area contributed by atoms with Crippen LogP contribution in [0.25, 0.3) is 0 Å². The van der Waals surface area contributed by atoms with Gasteiger partial charge in [-0.25, -0.2) is 8.42 Å². The lowest BCUT2D eigenvalue weighted by Crippen LogP contribution is -2.12. The van der Waals surface area contributed by atoms with Crippen LogP contribution >= 0.6 is 0 Å². The lowest BCUT2D eigenvalue weighted by Gasteiger charge is -2.09. The van der Waals surface area contributed by atoms with Crippen molar-refractivity contribution in [3.05, 3.63) is 59.7 Å². The van der Waals surface area contributed by atoms with Crippen LogP contribution in [0.15, 0.2) is 53.4 Å². The average Bonchev–Trinajstić information content (AvgIpc) is 2.39. The Morgan fingerprint density at radius 2 is 1.74 bits per heavy atom. The van der Waals surface area contributed by atoms with Crippen molar-refractivity contribution in [2.24, 2.45) is 0 Å². The van der Waals surface area contributed by atoms with E-state index in [-0.39, 0.29) is 4.90 Å². The highest BCUT2D eigenvalue weighted by atomic mass is 32.2. The lowest BCUT2D eigenvalue weighted by atomic mass is 10.1. The van der Waals surface area contributed by atoms with E-state index in [9.17, 15) is 13.2 Å². The molecule has 5 heteroatoms. The first-order valence-electron chi connectivity index (χ1n) is 5.66. The summed E-state index contributed by atoms with van der Waals surface area (Å²) in [6.07, 6.45) is 0.741. The minimum atomic E-state index is -3.59. The molecule has 0 aliphatic carbocycles. The first-order valence-corrected chi connectivity index (χ1v) is 7.15. The van der Waals surface area contributed by atoms with E-state index in [2.05, 4.69) is 4.72 Å². The molecule has 0 amide bonds. The number of carbonyl (C=O) groups is 1. The number of sulfonamides is 1. The Bertz CT molecular complexity index is 694. The van der Waals surface area contributed by atoms with Crippen molar-refractivity contribution >= 4 is 22.0 Å². The zero-order valence-electron chi connectivity index (χ0n) is 10.3. The van der Waals surface area contributed by atoms with Crippen molar-refractivity contribution in [1.82, 2.24) is 0 Å². The fourth-order valence-electron chi connectivity index (χ4n) is 1.69. The summed E-state index contributed by atoms with van der Waals surface area (Å²) in [6, 6.07) is 12.9. The molecule has 2 rings (SSSR count). The second-order valence-electron chi connectivity index (χ2n) is 4.11. The lowest BCUT2D eigenvalue weighted by molar-refractivity contribution is 0.112. The topological polar surface area (TPSA) is 63.2 Å². The maximum absolute atomic E-state index is 12.1. The van der Waals surface area contributed by atoms with Gasteiger partial charge in [-0.3, -0.25) is 9.52 Å². The van der Waals surface area contributed by atoms with Crippen molar-refractivity contribution in [3.8, 4) is 0 Å². The van der Waals surface area contributed by atoms with Gasteiger partial charge in [0, 0.05) is 11.3 Å². The summed E-state index contributed by atoms with van der Waals surface area (Å²) >= 11 is 0. The molecular weight excluding hydrogens is 262 g/mol. The van der Waals surface area contributed by atoms with Gasteiger partial charge in [0.2, 0.25) is 0 Å². The number of anilines is 1. The van der Waals surface area contributed by atoms with Crippen LogP contribution in [-0.2, 0) is 10.0 Å². The molecule has 0 aliphatic rings. The molecular formula is C14H13NO3S. The second kappa shape index (κ2) is 5.24. The van der Waals surface area contributed by atoms with E-state index in [1.165, 1.54) is 12.1 Å². The number of aldehydes is 1. The number of hydrogen-bond donors (Lipinski definition) is 1. The molecule has 0 aromatic heterocycles. The molecule has 0 heterocycles. The average molecular weight is 275 g/mol. The standard InChI is InChI=1S/C14H13NO3S/c1-11-9-13(8-7-12(11)10-16)15-19(17,18)14-5-3-2-4-6-14/h2-10,15H,1H3. The van der Waals surface area contributed by atoms with Gasteiger partial charge < -0.3 is 0 Å². The van der Waals surface area contributed by atoms with Gasteiger partial charge in [0.1, 0.15) is 6.29 Å². The summed E-state index contributed by atoms with van der Waals surface area (Å²) in [7, 11) is -3.59. The van der Waals surface area contributed by atoms with Gasteiger partial charge in [-0.2, -0.15) is 0 Å². The Morgan fingerprint density at radius 1 is 1.05 bits per heavy atom. The normalized spacial score (nSPS) is 11.0. The molecule has 0 saturated heterocycles. The van der Waals surface area contributed by atoms with Gasteiger partial charge in [-0.1, -0.05) is 18.2 Å². The van der Waals surface area contributed by atoms with E-state index >= 15 is 0 Å². The SMILES string of the molecule is Cc1cc(NS(=O)(=O)c2ccccc2)ccc1C=O. The Labute approximate surface area is 112 Å². The number of rotatable bonds is 4. The predicted molar refractivity (Wildman–Crippen MR) is 73.8 cm³/mol. The minimum absolute atomic E-state index is 0.201. The van der Waals surface area contributed by atoms with Crippen molar-refractivity contribution in [2.75, 3.05) is 4.72 Å². The third-order valence-electron chi connectivity index (χ3n) is 2.70. The summed E-state index contributed by atoms with van der Waals surface area (Å²) in [5.41, 5.74) is 1.71. The number of carbonyl (C=O) groups excluding carboxylic acids is 1. The molecule has 19 heavy (non-hydrogen) atoms. The largest absolute Gasteiger partial charge is 0.298 e. The Balaban J connectivity index is 2.31. The molecule has 0 atom stereocenters. The number of nitrogens with one attached hydrogen (secondary N) is 1. The van der Waals surface area contributed by atoms with E-state index in [0.29, 0.717) is 11.3 Å². The van der Waals surface area contributed by atoms with Crippen molar-refractivity contribution in [1.29, 1.82) is 0 Å². The van der Waals surface area contributed by atoms with Crippen LogP contribution in [-0.4, -0.2) is 14.7 Å². The van der Waals surface area contributed by atoms with Crippen LogP contribution in [0.4, 0.5) is 5.69 Å². The van der Waals surface area contributed by atoms with E-state index in [1.807, 2.05) is 0 Å². The summed E-state index contributed by atoms with van der Waals surface area (Å²) in [4.78, 5) is 10.9. The van der Waals surface area contributed by atoms with E-state index in [1.54, 1.807) is 43.3 Å². The molecule has 0 unspecified atom stereocenters. The highest BCUT2D eigenvalue weighted by Gasteiger charge is 2.13. The smallest absolute Gasteiger partial charge is 0.261 e. The molecule has 0 aliphatic heterocycles. The Morgan fingerprint density at radius 3 is 2.32 bits per heavy atom. The highest BCUT2D eigenvalue weighted by Crippen LogP contribution is 2.18. The Kier molecular flexibility index (Phi) is 3.66. The number of aryl methyl sites for hydroxylation is 1. The van der Waals surface area contributed by atoms with Crippen LogP contribution in [0.3, 0.4) is 0 Å². The molecule has 4 nitrogen and oxygen atoms in total. The van der Waals surface area contributed by atoms with Crippen LogP contribution in [0.5, 0.6) is 0 Å². The van der Waals surface area contributed by atoms with Gasteiger partial charge in [0.15, 0.2) is 0 Å². The summed E-state index contributed by atoms with van der Waals surface area (Å²) in [5.74, 6) is 0. The maximum Gasteiger partial charge on any atom is 0.261 e. The van der Waals surface area contributed by atoms with Gasteiger partial charge in [0.25, 0.3) is 10.0 Å². The Hall–Kier alpha value is -2.14. The van der Waals surface area contributed by atoms with E-state index in [0.717, 1.165) is 11.8 Å². The van der Waals surface area contributed by atoms with Gasteiger partial charge >= 0.3 is 0 Å². The molecule has 98 valence electrons. The summed E-state index contributed by atoms with van der Waals surface area (Å²) in [6.45, 7) is 1.75. The molecule has 1 N–H and O–H groups in total. The quantitative estimate of drug-likeness (QED) is 0.872. The molecule has 0 bridgehead atoms. The molecule has 0 radical (unpaired) electrons. The van der Waals surface area contributed by atoms with Crippen LogP contribution < -0.4 is 4.72 Å². The third-order valence-corrected chi connectivity index (χ3v) is 4.10. The molecule has 2 aromatic rings. The third kappa shape index (κ3) is 3.00. The fraction of sp³-hybridized carbons (Fsp3) is 0.0714. The van der Waals surface area contributed by atoms with Crippen LogP contribution in [0, 0.1) is 6.92 Å². The molecule has 2 aromatic carbocycles. The number of hydrogen-bond acceptors (Lipinski definition) is 3. The van der Waals surface area contributed by atoms with Gasteiger partial charge in [-0.15, -0.1) is 0 Å².